The summed E-state index contributed by atoms with van der Waals surface area (Å²) in [6, 6.07) is 1.80. The fraction of sp³-hybridized carbons (Fsp3) is 0.526. The summed E-state index contributed by atoms with van der Waals surface area (Å²) < 4.78 is 5.43. The number of nitrogens with zero attached hydrogens (tertiary/aromatic N) is 5. The van der Waals surface area contributed by atoms with Crippen LogP contribution in [0.3, 0.4) is 0 Å². The number of rotatable bonds is 4. The molecule has 2 aromatic rings. The molecule has 2 saturated heterocycles. The van der Waals surface area contributed by atoms with Crippen LogP contribution in [0.4, 0.5) is 5.95 Å². The van der Waals surface area contributed by atoms with Crippen LogP contribution >= 0.6 is 0 Å². The van der Waals surface area contributed by atoms with Crippen molar-refractivity contribution in [1.29, 1.82) is 0 Å². The normalized spacial score (nSPS) is 22.1. The van der Waals surface area contributed by atoms with Crippen molar-refractivity contribution in [2.24, 2.45) is 5.41 Å². The van der Waals surface area contributed by atoms with Crippen LogP contribution in [-0.4, -0.2) is 57.0 Å². The van der Waals surface area contributed by atoms with Crippen LogP contribution in [0.1, 0.15) is 41.9 Å². The second-order valence-corrected chi connectivity index (χ2v) is 7.85. The zero-order valence-corrected chi connectivity index (χ0v) is 15.1. The Bertz CT molecular complexity index is 823. The number of carbonyl (C=O) groups excluding carboxylic acids is 1. The summed E-state index contributed by atoms with van der Waals surface area (Å²) in [7, 11) is 0. The number of likely N-dealkylation sites (tertiary alicyclic amines) is 1. The average Bonchev–Trinajstić information content (AvgIpc) is 3.48. The number of anilines is 1. The summed E-state index contributed by atoms with van der Waals surface area (Å²) in [4.78, 5) is 31.9. The third kappa shape index (κ3) is 3.03. The van der Waals surface area contributed by atoms with E-state index in [1.54, 1.807) is 30.9 Å². The number of carbonyl (C=O) groups is 1. The highest BCUT2D eigenvalue weighted by Crippen LogP contribution is 2.46. The molecule has 3 aliphatic rings. The third-order valence-corrected chi connectivity index (χ3v) is 5.89. The maximum absolute atomic E-state index is 12.7. The first-order chi connectivity index (χ1) is 13.2. The Balaban J connectivity index is 1.23. The van der Waals surface area contributed by atoms with Crippen LogP contribution < -0.4 is 5.32 Å². The SMILES string of the molecule is O=C(c1cnc(NC2(c3ncccn3)CC2)nc1)N1CC2(CCOCC2)C1. The topological polar surface area (TPSA) is 93.1 Å². The second kappa shape index (κ2) is 6.23. The van der Waals surface area contributed by atoms with E-state index >= 15 is 0 Å². The van der Waals surface area contributed by atoms with Crippen LogP contribution in [0.15, 0.2) is 30.9 Å². The molecule has 27 heavy (non-hydrogen) atoms. The molecule has 1 aliphatic carbocycles. The van der Waals surface area contributed by atoms with Crippen molar-refractivity contribution in [3.63, 3.8) is 0 Å². The molecule has 0 unspecified atom stereocenters. The molecule has 140 valence electrons. The predicted octanol–water partition coefficient (Wildman–Crippen LogP) is 1.62. The molecule has 8 nitrogen and oxygen atoms in total. The third-order valence-electron chi connectivity index (χ3n) is 5.89. The van der Waals surface area contributed by atoms with Gasteiger partial charge in [0, 0.05) is 56.5 Å². The molecule has 5 rings (SSSR count). The fourth-order valence-corrected chi connectivity index (χ4v) is 4.00. The van der Waals surface area contributed by atoms with Crippen LogP contribution in [-0.2, 0) is 10.3 Å². The molecule has 1 N–H and O–H groups in total. The van der Waals surface area contributed by atoms with E-state index in [2.05, 4.69) is 25.3 Å². The molecular formula is C19H22N6O2. The number of nitrogens with one attached hydrogen (secondary N) is 1. The van der Waals surface area contributed by atoms with Crippen LogP contribution in [0.5, 0.6) is 0 Å². The van der Waals surface area contributed by atoms with Crippen molar-refractivity contribution in [2.45, 2.75) is 31.2 Å². The van der Waals surface area contributed by atoms with Crippen LogP contribution in [0, 0.1) is 5.41 Å². The first kappa shape index (κ1) is 16.6. The summed E-state index contributed by atoms with van der Waals surface area (Å²) in [5.74, 6) is 1.27. The van der Waals surface area contributed by atoms with E-state index in [9.17, 15) is 4.79 Å². The minimum atomic E-state index is -0.278. The van der Waals surface area contributed by atoms with E-state index in [1.165, 1.54) is 0 Å². The van der Waals surface area contributed by atoms with Crippen LogP contribution in [0.2, 0.25) is 0 Å². The van der Waals surface area contributed by atoms with Gasteiger partial charge in [0.15, 0.2) is 5.82 Å². The lowest BCUT2D eigenvalue weighted by atomic mass is 9.73. The lowest BCUT2D eigenvalue weighted by molar-refractivity contribution is -0.0666. The largest absolute Gasteiger partial charge is 0.381 e. The van der Waals surface area contributed by atoms with Gasteiger partial charge in [-0.15, -0.1) is 0 Å². The van der Waals surface area contributed by atoms with E-state index in [0.29, 0.717) is 11.5 Å². The van der Waals surface area contributed by atoms with Crippen molar-refractivity contribution >= 4 is 11.9 Å². The maximum Gasteiger partial charge on any atom is 0.257 e. The van der Waals surface area contributed by atoms with Gasteiger partial charge in [0.1, 0.15) is 5.54 Å². The van der Waals surface area contributed by atoms with E-state index in [4.69, 9.17) is 4.74 Å². The molecule has 3 fully saturated rings. The van der Waals surface area contributed by atoms with Gasteiger partial charge in [-0.1, -0.05) is 0 Å². The summed E-state index contributed by atoms with van der Waals surface area (Å²) in [5, 5.41) is 3.33. The zero-order chi connectivity index (χ0) is 18.3. The summed E-state index contributed by atoms with van der Waals surface area (Å²) in [5.41, 5.74) is 0.521. The lowest BCUT2D eigenvalue weighted by Gasteiger charge is -2.52. The van der Waals surface area contributed by atoms with Crippen molar-refractivity contribution in [3.8, 4) is 0 Å². The number of hydrogen-bond acceptors (Lipinski definition) is 7. The molecule has 0 radical (unpaired) electrons. The standard InChI is InChI=1S/C19H22N6O2/c26-15(25-12-18(13-25)4-8-27-9-5-18)14-10-22-17(23-11-14)24-19(2-3-19)16-20-6-1-7-21-16/h1,6-7,10-11H,2-5,8-9,12-13H2,(H,22,23,24). The van der Waals surface area contributed by atoms with E-state index in [1.807, 2.05) is 4.90 Å². The van der Waals surface area contributed by atoms with Gasteiger partial charge in [-0.25, -0.2) is 19.9 Å². The van der Waals surface area contributed by atoms with Gasteiger partial charge in [-0.2, -0.15) is 0 Å². The van der Waals surface area contributed by atoms with E-state index in [0.717, 1.165) is 57.8 Å². The van der Waals surface area contributed by atoms with E-state index in [-0.39, 0.29) is 16.9 Å². The molecule has 1 amide bonds. The highest BCUT2D eigenvalue weighted by molar-refractivity contribution is 5.94. The van der Waals surface area contributed by atoms with Crippen molar-refractivity contribution in [2.75, 3.05) is 31.6 Å². The summed E-state index contributed by atoms with van der Waals surface area (Å²) in [6.07, 6.45) is 10.7. The van der Waals surface area contributed by atoms with Gasteiger partial charge in [0.25, 0.3) is 5.91 Å². The van der Waals surface area contributed by atoms with Gasteiger partial charge in [-0.3, -0.25) is 4.79 Å². The second-order valence-electron chi connectivity index (χ2n) is 7.85. The number of ether oxygens (including phenoxy) is 1. The summed E-state index contributed by atoms with van der Waals surface area (Å²) >= 11 is 0. The van der Waals surface area contributed by atoms with Gasteiger partial charge < -0.3 is 15.0 Å². The number of amides is 1. The van der Waals surface area contributed by atoms with Gasteiger partial charge in [0.05, 0.1) is 5.56 Å². The highest BCUT2D eigenvalue weighted by Gasteiger charge is 2.48. The fourth-order valence-electron chi connectivity index (χ4n) is 4.00. The Morgan fingerprint density at radius 2 is 1.67 bits per heavy atom. The minimum absolute atomic E-state index is 0.00574. The molecule has 0 atom stereocenters. The molecule has 2 aromatic heterocycles. The first-order valence-corrected chi connectivity index (χ1v) is 9.43. The Hall–Kier alpha value is -2.61. The maximum atomic E-state index is 12.7. The number of hydrogen-bond donors (Lipinski definition) is 1. The quantitative estimate of drug-likeness (QED) is 0.879. The zero-order valence-electron chi connectivity index (χ0n) is 15.1. The van der Waals surface area contributed by atoms with Gasteiger partial charge in [0.2, 0.25) is 5.95 Å². The van der Waals surface area contributed by atoms with Gasteiger partial charge >= 0.3 is 0 Å². The lowest BCUT2D eigenvalue weighted by Crippen LogP contribution is -2.60. The van der Waals surface area contributed by atoms with Crippen molar-refractivity contribution in [3.05, 3.63) is 42.2 Å². The number of aromatic nitrogens is 4. The Kier molecular flexibility index (Phi) is 3.82. The van der Waals surface area contributed by atoms with Crippen molar-refractivity contribution in [1.82, 2.24) is 24.8 Å². The Morgan fingerprint density at radius 3 is 2.30 bits per heavy atom. The molecule has 1 saturated carbocycles. The smallest absolute Gasteiger partial charge is 0.257 e. The Labute approximate surface area is 157 Å². The highest BCUT2D eigenvalue weighted by atomic mass is 16.5. The molecule has 4 heterocycles. The molecule has 2 aliphatic heterocycles. The van der Waals surface area contributed by atoms with Gasteiger partial charge in [-0.05, 0) is 31.7 Å². The summed E-state index contributed by atoms with van der Waals surface area (Å²) in [6.45, 7) is 3.23. The monoisotopic (exact) mass is 366 g/mol. The molecule has 0 aromatic carbocycles. The molecule has 0 bridgehead atoms. The van der Waals surface area contributed by atoms with E-state index < -0.39 is 0 Å². The predicted molar refractivity (Wildman–Crippen MR) is 97.0 cm³/mol. The molecular weight excluding hydrogens is 344 g/mol. The van der Waals surface area contributed by atoms with Crippen molar-refractivity contribution < 1.29 is 9.53 Å². The van der Waals surface area contributed by atoms with Crippen LogP contribution in [0.25, 0.3) is 0 Å². The molecule has 1 spiro atoms. The molecule has 8 heteroatoms. The first-order valence-electron chi connectivity index (χ1n) is 9.43. The minimum Gasteiger partial charge on any atom is -0.381 e. The Morgan fingerprint density at radius 1 is 1.00 bits per heavy atom. The average molecular weight is 366 g/mol.